The number of nitrogens with one attached hydrogen (secondary N) is 1. The largest absolute Gasteiger partial charge is 0.495 e. The van der Waals surface area contributed by atoms with E-state index in [0.717, 1.165) is 5.56 Å². The molecule has 1 atom stereocenters. The van der Waals surface area contributed by atoms with Crippen LogP contribution in [0.5, 0.6) is 5.75 Å². The van der Waals surface area contributed by atoms with Crippen LogP contribution >= 0.6 is 34.5 Å². The SMILES string of the molecule is COc1cccnc1C(NN)c1cc(Cl)sc1Cl. The molecule has 0 aliphatic rings. The van der Waals surface area contributed by atoms with Gasteiger partial charge in [0.1, 0.15) is 11.4 Å². The zero-order valence-electron chi connectivity index (χ0n) is 9.48. The predicted molar refractivity (Wildman–Crippen MR) is 74.3 cm³/mol. The molecule has 2 aromatic heterocycles. The Labute approximate surface area is 119 Å². The standard InChI is InChI=1S/C11H11Cl2N3OS/c1-17-7-3-2-4-15-10(7)9(16-14)6-5-8(12)18-11(6)13/h2-5,9,16H,14H2,1H3. The van der Waals surface area contributed by atoms with E-state index in [1.54, 1.807) is 25.4 Å². The number of nitrogens with zero attached hydrogens (tertiary/aromatic N) is 1. The Morgan fingerprint density at radius 2 is 2.28 bits per heavy atom. The second-order valence-electron chi connectivity index (χ2n) is 3.47. The van der Waals surface area contributed by atoms with Gasteiger partial charge in [0.25, 0.3) is 0 Å². The normalized spacial score (nSPS) is 12.4. The Balaban J connectivity index is 2.48. The van der Waals surface area contributed by atoms with Crippen molar-refractivity contribution >= 4 is 34.5 Å². The molecule has 0 saturated heterocycles. The summed E-state index contributed by atoms with van der Waals surface area (Å²) < 4.78 is 6.45. The molecule has 0 radical (unpaired) electrons. The van der Waals surface area contributed by atoms with Gasteiger partial charge in [-0.05, 0) is 18.2 Å². The van der Waals surface area contributed by atoms with Crippen LogP contribution in [0.15, 0.2) is 24.4 Å². The summed E-state index contributed by atoms with van der Waals surface area (Å²) in [5.41, 5.74) is 4.13. The maximum Gasteiger partial charge on any atom is 0.142 e. The van der Waals surface area contributed by atoms with E-state index in [2.05, 4.69) is 10.4 Å². The minimum Gasteiger partial charge on any atom is -0.495 e. The first-order valence-electron chi connectivity index (χ1n) is 5.07. The van der Waals surface area contributed by atoms with Crippen LogP contribution in [-0.2, 0) is 0 Å². The number of methoxy groups -OCH3 is 1. The summed E-state index contributed by atoms with van der Waals surface area (Å²) in [4.78, 5) is 4.28. The van der Waals surface area contributed by atoms with Gasteiger partial charge in [0, 0.05) is 11.8 Å². The molecule has 96 valence electrons. The average molecular weight is 304 g/mol. The molecule has 4 nitrogen and oxygen atoms in total. The lowest BCUT2D eigenvalue weighted by Crippen LogP contribution is -2.29. The fourth-order valence-electron chi connectivity index (χ4n) is 1.66. The second kappa shape index (κ2) is 5.86. The van der Waals surface area contributed by atoms with Crippen molar-refractivity contribution in [2.24, 2.45) is 5.84 Å². The molecular weight excluding hydrogens is 293 g/mol. The Morgan fingerprint density at radius 3 is 2.83 bits per heavy atom. The lowest BCUT2D eigenvalue weighted by Gasteiger charge is -2.17. The fourth-order valence-corrected chi connectivity index (χ4v) is 3.19. The van der Waals surface area contributed by atoms with Crippen molar-refractivity contribution in [1.29, 1.82) is 0 Å². The highest BCUT2D eigenvalue weighted by Crippen LogP contribution is 2.38. The number of nitrogens with two attached hydrogens (primary N) is 1. The lowest BCUT2D eigenvalue weighted by molar-refractivity contribution is 0.400. The topological polar surface area (TPSA) is 60.2 Å². The Morgan fingerprint density at radius 1 is 1.50 bits per heavy atom. The minimum absolute atomic E-state index is 0.364. The molecule has 0 bridgehead atoms. The van der Waals surface area contributed by atoms with Crippen LogP contribution in [0.25, 0.3) is 0 Å². The number of halogens is 2. The van der Waals surface area contributed by atoms with Crippen molar-refractivity contribution < 1.29 is 4.74 Å². The zero-order chi connectivity index (χ0) is 13.1. The van der Waals surface area contributed by atoms with Gasteiger partial charge in [-0.3, -0.25) is 10.8 Å². The van der Waals surface area contributed by atoms with E-state index in [9.17, 15) is 0 Å². The number of rotatable bonds is 4. The van der Waals surface area contributed by atoms with E-state index in [1.807, 2.05) is 6.07 Å². The smallest absolute Gasteiger partial charge is 0.142 e. The van der Waals surface area contributed by atoms with E-state index >= 15 is 0 Å². The number of hydrogen-bond acceptors (Lipinski definition) is 5. The number of ether oxygens (including phenoxy) is 1. The first-order chi connectivity index (χ1) is 8.67. The first-order valence-corrected chi connectivity index (χ1v) is 6.64. The molecule has 0 aliphatic carbocycles. The van der Waals surface area contributed by atoms with Gasteiger partial charge in [-0.25, -0.2) is 5.43 Å². The van der Waals surface area contributed by atoms with Gasteiger partial charge in [0.15, 0.2) is 0 Å². The molecule has 0 spiro atoms. The number of thiophene rings is 1. The molecule has 0 aromatic carbocycles. The highest BCUT2D eigenvalue weighted by atomic mass is 35.5. The van der Waals surface area contributed by atoms with E-state index in [-0.39, 0.29) is 6.04 Å². The molecular formula is C11H11Cl2N3OS. The Kier molecular flexibility index (Phi) is 4.42. The molecule has 7 heteroatoms. The van der Waals surface area contributed by atoms with Crippen LogP contribution in [0, 0.1) is 0 Å². The second-order valence-corrected chi connectivity index (χ2v) is 5.76. The van der Waals surface area contributed by atoms with E-state index < -0.39 is 0 Å². The Bertz CT molecular complexity index is 547. The van der Waals surface area contributed by atoms with Crippen LogP contribution in [0.2, 0.25) is 8.67 Å². The fraction of sp³-hybridized carbons (Fsp3) is 0.182. The maximum atomic E-state index is 6.13. The third-order valence-corrected chi connectivity index (χ3v) is 3.97. The molecule has 2 aromatic rings. The van der Waals surface area contributed by atoms with Crippen molar-refractivity contribution in [3.63, 3.8) is 0 Å². The number of hydrogen-bond donors (Lipinski definition) is 2. The number of hydrazine groups is 1. The van der Waals surface area contributed by atoms with Gasteiger partial charge in [0.05, 0.1) is 21.8 Å². The van der Waals surface area contributed by atoms with Gasteiger partial charge in [-0.15, -0.1) is 11.3 Å². The van der Waals surface area contributed by atoms with Crippen molar-refractivity contribution in [3.8, 4) is 5.75 Å². The maximum absolute atomic E-state index is 6.13. The molecule has 18 heavy (non-hydrogen) atoms. The third kappa shape index (κ3) is 2.60. The van der Waals surface area contributed by atoms with Crippen molar-refractivity contribution in [2.45, 2.75) is 6.04 Å². The summed E-state index contributed by atoms with van der Waals surface area (Å²) in [5.74, 6) is 6.23. The van der Waals surface area contributed by atoms with E-state index in [0.29, 0.717) is 20.1 Å². The number of pyridine rings is 1. The lowest BCUT2D eigenvalue weighted by atomic mass is 10.1. The number of aromatic nitrogens is 1. The summed E-state index contributed by atoms with van der Waals surface area (Å²) in [7, 11) is 1.58. The van der Waals surface area contributed by atoms with Crippen LogP contribution in [-0.4, -0.2) is 12.1 Å². The van der Waals surface area contributed by atoms with Crippen LogP contribution in [0.1, 0.15) is 17.3 Å². The molecule has 0 saturated carbocycles. The first kappa shape index (κ1) is 13.6. The van der Waals surface area contributed by atoms with E-state index in [4.69, 9.17) is 33.8 Å². The van der Waals surface area contributed by atoms with Crippen LogP contribution in [0.4, 0.5) is 0 Å². The highest BCUT2D eigenvalue weighted by Gasteiger charge is 2.22. The molecule has 2 rings (SSSR count). The molecule has 1 unspecified atom stereocenters. The summed E-state index contributed by atoms with van der Waals surface area (Å²) in [6, 6.07) is 5.01. The zero-order valence-corrected chi connectivity index (χ0v) is 11.8. The van der Waals surface area contributed by atoms with Crippen molar-refractivity contribution in [1.82, 2.24) is 10.4 Å². The molecule has 0 fully saturated rings. The molecule has 0 amide bonds. The van der Waals surface area contributed by atoms with Crippen LogP contribution in [0.3, 0.4) is 0 Å². The minimum atomic E-state index is -0.364. The van der Waals surface area contributed by atoms with Crippen LogP contribution < -0.4 is 16.0 Å². The van der Waals surface area contributed by atoms with Gasteiger partial charge in [0.2, 0.25) is 0 Å². The Hall–Kier alpha value is -0.850. The van der Waals surface area contributed by atoms with Gasteiger partial charge in [-0.2, -0.15) is 0 Å². The molecule has 2 heterocycles. The summed E-state index contributed by atoms with van der Waals surface area (Å²) in [6.45, 7) is 0. The quantitative estimate of drug-likeness (QED) is 0.673. The average Bonchev–Trinajstić information content (AvgIpc) is 2.70. The summed E-state index contributed by atoms with van der Waals surface area (Å²) in [5, 5.41) is 0. The van der Waals surface area contributed by atoms with Gasteiger partial charge < -0.3 is 4.74 Å². The van der Waals surface area contributed by atoms with Gasteiger partial charge >= 0.3 is 0 Å². The van der Waals surface area contributed by atoms with Crippen molar-refractivity contribution in [3.05, 3.63) is 44.3 Å². The van der Waals surface area contributed by atoms with Crippen molar-refractivity contribution in [2.75, 3.05) is 7.11 Å². The van der Waals surface area contributed by atoms with Gasteiger partial charge in [-0.1, -0.05) is 23.2 Å². The molecule has 3 N–H and O–H groups in total. The predicted octanol–water partition coefficient (Wildman–Crippen LogP) is 3.01. The summed E-state index contributed by atoms with van der Waals surface area (Å²) >= 11 is 13.4. The highest BCUT2D eigenvalue weighted by molar-refractivity contribution is 7.20. The monoisotopic (exact) mass is 303 g/mol. The van der Waals surface area contributed by atoms with E-state index in [1.165, 1.54) is 11.3 Å². The summed E-state index contributed by atoms with van der Waals surface area (Å²) in [6.07, 6.45) is 1.67. The molecule has 0 aliphatic heterocycles. The third-order valence-electron chi connectivity index (χ3n) is 2.45.